The van der Waals surface area contributed by atoms with E-state index in [0.717, 1.165) is 12.1 Å². The van der Waals surface area contributed by atoms with Crippen molar-refractivity contribution in [1.82, 2.24) is 0 Å². The summed E-state index contributed by atoms with van der Waals surface area (Å²) >= 11 is 0. The lowest BCUT2D eigenvalue weighted by Crippen LogP contribution is -2.44. The van der Waals surface area contributed by atoms with Gasteiger partial charge in [0.05, 0.1) is 0 Å². The fourth-order valence-electron chi connectivity index (χ4n) is 1.96. The molecule has 2 heteroatoms. The molecule has 1 rings (SSSR count). The van der Waals surface area contributed by atoms with Gasteiger partial charge in [-0.3, -0.25) is 4.79 Å². The molecule has 0 N–H and O–H groups in total. The molecular weight excluding hydrogens is 200 g/mol. The highest BCUT2D eigenvalue weighted by Gasteiger charge is 2.27. The van der Waals surface area contributed by atoms with Gasteiger partial charge in [0.15, 0.2) is 0 Å². The Labute approximate surface area is 92.8 Å². The zero-order valence-electron chi connectivity index (χ0n) is 9.42. The zero-order chi connectivity index (χ0) is 11.3. The van der Waals surface area contributed by atoms with Crippen molar-refractivity contribution in [1.29, 1.82) is 0 Å². The minimum Gasteiger partial charge on any atom is -0.285 e. The summed E-state index contributed by atoms with van der Waals surface area (Å²) in [6.07, 6.45) is 1.95. The van der Waals surface area contributed by atoms with Crippen LogP contribution in [0.4, 0.5) is 0 Å². The molecule has 0 aliphatic rings. The summed E-state index contributed by atoms with van der Waals surface area (Å²) in [7, 11) is -1.56. The van der Waals surface area contributed by atoms with Gasteiger partial charge in [-0.1, -0.05) is 61.1 Å². The Morgan fingerprint density at radius 3 is 2.53 bits per heavy atom. The average Bonchev–Trinajstić information content (AvgIpc) is 2.32. The van der Waals surface area contributed by atoms with Crippen molar-refractivity contribution in [3.63, 3.8) is 0 Å². The highest BCUT2D eigenvalue weighted by atomic mass is 28.3. The van der Waals surface area contributed by atoms with Gasteiger partial charge in [-0.15, -0.1) is 6.58 Å². The van der Waals surface area contributed by atoms with E-state index >= 15 is 0 Å². The third-order valence-corrected chi connectivity index (χ3v) is 7.97. The van der Waals surface area contributed by atoms with Crippen molar-refractivity contribution in [2.24, 2.45) is 0 Å². The van der Waals surface area contributed by atoms with Gasteiger partial charge in [-0.05, 0) is 0 Å². The molecule has 0 aliphatic carbocycles. The molecule has 0 atom stereocenters. The number of hydrogen-bond acceptors (Lipinski definition) is 1. The molecule has 0 heterocycles. The number of hydrogen-bond donors (Lipinski definition) is 0. The minimum absolute atomic E-state index is 0.646. The monoisotopic (exact) mass is 217 g/mol. The summed E-state index contributed by atoms with van der Waals surface area (Å²) in [5, 5.41) is 1.29. The van der Waals surface area contributed by atoms with Gasteiger partial charge in [0.2, 0.25) is 6.29 Å². The number of carbonyl (C=O) groups excluding carboxylic acids is 1. The van der Waals surface area contributed by atoms with Gasteiger partial charge in [0, 0.05) is 5.56 Å². The normalized spacial score (nSPS) is 11.1. The van der Waals surface area contributed by atoms with E-state index in [1.165, 1.54) is 5.19 Å². The molecule has 0 aliphatic heterocycles. The molecule has 0 bridgehead atoms. The molecule has 1 aromatic rings. The van der Waals surface area contributed by atoms with E-state index < -0.39 is 8.07 Å². The average molecular weight is 217 g/mol. The Bertz CT molecular complexity index is 353. The molecule has 1 nitrogen and oxygen atoms in total. The molecule has 0 spiro atoms. The lowest BCUT2D eigenvalue weighted by atomic mass is 10.2. The predicted octanol–water partition coefficient (Wildman–Crippen LogP) is 2.57. The van der Waals surface area contributed by atoms with Crippen LogP contribution in [-0.4, -0.2) is 14.4 Å². The summed E-state index contributed by atoms with van der Waals surface area (Å²) in [5.74, 6) is 0. The highest BCUT2D eigenvalue weighted by Crippen LogP contribution is 2.16. The first-order valence-electron chi connectivity index (χ1n) is 5.34. The SMILES string of the molecule is C=C[Si](CC)(CC)c1cccc([C]=O)c1. The summed E-state index contributed by atoms with van der Waals surface area (Å²) in [4.78, 5) is 10.6. The van der Waals surface area contributed by atoms with Crippen molar-refractivity contribution < 1.29 is 4.79 Å². The van der Waals surface area contributed by atoms with Gasteiger partial charge in [-0.2, -0.15) is 0 Å². The second-order valence-electron chi connectivity index (χ2n) is 3.75. The van der Waals surface area contributed by atoms with Gasteiger partial charge in [-0.25, -0.2) is 0 Å². The molecule has 0 aromatic heterocycles. The first kappa shape index (κ1) is 11.9. The largest absolute Gasteiger partial charge is 0.285 e. The standard InChI is InChI=1S/C13H17OSi/c1-4-15(5-2,6-3)13-9-7-8-12(10-13)11-14/h4,7-10H,1,5-6H2,2-3H3. The molecule has 0 unspecified atom stereocenters. The van der Waals surface area contributed by atoms with Crippen LogP contribution in [0.5, 0.6) is 0 Å². The molecule has 15 heavy (non-hydrogen) atoms. The van der Waals surface area contributed by atoms with Crippen LogP contribution in [0.3, 0.4) is 0 Å². The molecule has 79 valence electrons. The summed E-state index contributed by atoms with van der Waals surface area (Å²) in [6, 6.07) is 10.1. The van der Waals surface area contributed by atoms with Crippen molar-refractivity contribution in [3.05, 3.63) is 42.1 Å². The van der Waals surface area contributed by atoms with Crippen LogP contribution >= 0.6 is 0 Å². The maximum atomic E-state index is 10.6. The van der Waals surface area contributed by atoms with Gasteiger partial charge in [0.1, 0.15) is 8.07 Å². The molecule has 0 fully saturated rings. The first-order chi connectivity index (χ1) is 7.22. The topological polar surface area (TPSA) is 17.1 Å². The van der Waals surface area contributed by atoms with Crippen LogP contribution in [0, 0.1) is 0 Å². The third kappa shape index (κ3) is 2.26. The van der Waals surface area contributed by atoms with Crippen LogP contribution in [0.1, 0.15) is 19.4 Å². The van der Waals surface area contributed by atoms with E-state index in [1.807, 2.05) is 18.4 Å². The van der Waals surface area contributed by atoms with E-state index in [-0.39, 0.29) is 0 Å². The van der Waals surface area contributed by atoms with Gasteiger partial charge < -0.3 is 0 Å². The Balaban J connectivity index is 3.21. The van der Waals surface area contributed by atoms with Gasteiger partial charge >= 0.3 is 0 Å². The second kappa shape index (κ2) is 5.08. The van der Waals surface area contributed by atoms with E-state index in [1.54, 1.807) is 6.07 Å². The van der Waals surface area contributed by atoms with Crippen LogP contribution in [-0.2, 0) is 4.79 Å². The Morgan fingerprint density at radius 1 is 1.40 bits per heavy atom. The van der Waals surface area contributed by atoms with Crippen molar-refractivity contribution in [2.75, 3.05) is 0 Å². The highest BCUT2D eigenvalue weighted by molar-refractivity contribution is 6.95. The molecule has 1 aromatic carbocycles. The van der Waals surface area contributed by atoms with Crippen molar-refractivity contribution in [2.45, 2.75) is 25.9 Å². The third-order valence-electron chi connectivity index (χ3n) is 3.21. The molecule has 0 amide bonds. The summed E-state index contributed by atoms with van der Waals surface area (Å²) in [6.45, 7) is 8.38. The molecule has 1 radical (unpaired) electrons. The van der Waals surface area contributed by atoms with Crippen molar-refractivity contribution in [3.8, 4) is 0 Å². The van der Waals surface area contributed by atoms with Crippen LogP contribution in [0.25, 0.3) is 0 Å². The quantitative estimate of drug-likeness (QED) is 0.693. The summed E-state index contributed by atoms with van der Waals surface area (Å²) in [5.41, 5.74) is 2.77. The predicted molar refractivity (Wildman–Crippen MR) is 67.8 cm³/mol. The Hall–Kier alpha value is -1.15. The number of rotatable bonds is 5. The van der Waals surface area contributed by atoms with Crippen LogP contribution in [0.15, 0.2) is 36.5 Å². The fourth-order valence-corrected chi connectivity index (χ4v) is 4.96. The van der Waals surface area contributed by atoms with Crippen LogP contribution in [0.2, 0.25) is 12.1 Å². The second-order valence-corrected chi connectivity index (χ2v) is 8.46. The fraction of sp³-hybridized carbons (Fsp3) is 0.308. The minimum atomic E-state index is -1.56. The van der Waals surface area contributed by atoms with E-state index in [4.69, 9.17) is 0 Å². The number of benzene rings is 1. The van der Waals surface area contributed by atoms with E-state index in [2.05, 4.69) is 32.2 Å². The molecule has 0 saturated heterocycles. The lowest BCUT2D eigenvalue weighted by molar-refractivity contribution is 0.563. The lowest BCUT2D eigenvalue weighted by Gasteiger charge is -2.25. The Morgan fingerprint density at radius 2 is 2.07 bits per heavy atom. The van der Waals surface area contributed by atoms with Crippen molar-refractivity contribution >= 4 is 19.5 Å². The van der Waals surface area contributed by atoms with Crippen LogP contribution < -0.4 is 5.19 Å². The van der Waals surface area contributed by atoms with Gasteiger partial charge in [0.25, 0.3) is 0 Å². The molecular formula is C13H17OSi. The zero-order valence-corrected chi connectivity index (χ0v) is 10.4. The summed E-state index contributed by atoms with van der Waals surface area (Å²) < 4.78 is 0. The smallest absolute Gasteiger partial charge is 0.233 e. The maximum Gasteiger partial charge on any atom is 0.233 e. The van der Waals surface area contributed by atoms with E-state index in [9.17, 15) is 4.79 Å². The Kier molecular flexibility index (Phi) is 4.03. The first-order valence-corrected chi connectivity index (χ1v) is 7.84. The van der Waals surface area contributed by atoms with E-state index in [0.29, 0.717) is 5.56 Å². The molecule has 0 saturated carbocycles. The maximum absolute atomic E-state index is 10.6.